The van der Waals surface area contributed by atoms with E-state index in [2.05, 4.69) is 22.6 Å². The Morgan fingerprint density at radius 2 is 1.90 bits per heavy atom. The summed E-state index contributed by atoms with van der Waals surface area (Å²) >= 11 is 0. The number of carbonyl (C=O) groups is 2. The van der Waals surface area contributed by atoms with Crippen molar-refractivity contribution in [3.05, 3.63) is 59.2 Å². The van der Waals surface area contributed by atoms with Crippen LogP contribution in [0.1, 0.15) is 40.4 Å². The summed E-state index contributed by atoms with van der Waals surface area (Å²) in [6, 6.07) is 12.4. The molecule has 0 radical (unpaired) electrons. The average molecular weight is 411 g/mol. The number of nitrogens with two attached hydrogens (primary N) is 1. The highest BCUT2D eigenvalue weighted by Crippen LogP contribution is 2.26. The van der Waals surface area contributed by atoms with Gasteiger partial charge in [0.05, 0.1) is 0 Å². The third kappa shape index (κ3) is 6.05. The fourth-order valence-electron chi connectivity index (χ4n) is 3.70. The SMILES string of the molecule is CN1CCc2ccc(O)cc2C(NCCC(=O)NCCC(=O)c2ccc(N)cc2)C1. The molecule has 7 heteroatoms. The number of aromatic hydroxyl groups is 1. The Morgan fingerprint density at radius 3 is 2.67 bits per heavy atom. The molecule has 160 valence electrons. The number of nitrogens with zero attached hydrogens (tertiary/aromatic N) is 1. The highest BCUT2D eigenvalue weighted by Gasteiger charge is 2.21. The lowest BCUT2D eigenvalue weighted by atomic mass is 9.99. The number of hydrogen-bond donors (Lipinski definition) is 4. The van der Waals surface area contributed by atoms with E-state index in [1.807, 2.05) is 12.1 Å². The molecule has 0 aromatic heterocycles. The molecule has 1 unspecified atom stereocenters. The van der Waals surface area contributed by atoms with Crippen LogP contribution in [0.25, 0.3) is 0 Å². The van der Waals surface area contributed by atoms with Gasteiger partial charge in [0, 0.05) is 56.3 Å². The summed E-state index contributed by atoms with van der Waals surface area (Å²) in [6.07, 6.45) is 1.51. The number of anilines is 1. The van der Waals surface area contributed by atoms with E-state index in [4.69, 9.17) is 5.73 Å². The third-order valence-corrected chi connectivity index (χ3v) is 5.41. The molecule has 1 heterocycles. The Labute approximate surface area is 177 Å². The Kier molecular flexibility index (Phi) is 7.43. The van der Waals surface area contributed by atoms with E-state index < -0.39 is 0 Å². The summed E-state index contributed by atoms with van der Waals surface area (Å²) in [7, 11) is 2.07. The second kappa shape index (κ2) is 10.2. The standard InChI is InChI=1S/C23H30N4O3/c1-27-13-10-16-4-7-19(28)14-20(16)21(15-27)25-12-9-23(30)26-11-8-22(29)17-2-5-18(24)6-3-17/h2-7,14,21,25,28H,8-13,15,24H2,1H3,(H,26,30). The Hall–Kier alpha value is -2.90. The van der Waals surface area contributed by atoms with E-state index in [-0.39, 0.29) is 29.9 Å². The summed E-state index contributed by atoms with van der Waals surface area (Å²) in [4.78, 5) is 26.5. The number of benzene rings is 2. The van der Waals surface area contributed by atoms with Gasteiger partial charge in [-0.05, 0) is 61.0 Å². The molecule has 2 aromatic carbocycles. The first-order valence-corrected chi connectivity index (χ1v) is 10.3. The van der Waals surface area contributed by atoms with Gasteiger partial charge in [-0.15, -0.1) is 0 Å². The van der Waals surface area contributed by atoms with Crippen LogP contribution in [0.4, 0.5) is 5.69 Å². The van der Waals surface area contributed by atoms with Crippen molar-refractivity contribution in [2.24, 2.45) is 0 Å². The molecule has 0 bridgehead atoms. The summed E-state index contributed by atoms with van der Waals surface area (Å²) in [6.45, 7) is 2.60. The monoisotopic (exact) mass is 410 g/mol. The lowest BCUT2D eigenvalue weighted by molar-refractivity contribution is -0.120. The number of carbonyl (C=O) groups excluding carboxylic acids is 2. The normalized spacial score (nSPS) is 16.5. The first-order valence-electron chi connectivity index (χ1n) is 10.3. The predicted molar refractivity (Wildman–Crippen MR) is 117 cm³/mol. The van der Waals surface area contributed by atoms with E-state index in [1.165, 1.54) is 5.56 Å². The van der Waals surface area contributed by atoms with Gasteiger partial charge in [0.15, 0.2) is 5.78 Å². The zero-order valence-corrected chi connectivity index (χ0v) is 17.4. The summed E-state index contributed by atoms with van der Waals surface area (Å²) in [5.41, 5.74) is 9.15. The molecule has 1 aliphatic rings. The summed E-state index contributed by atoms with van der Waals surface area (Å²) in [5, 5.41) is 16.1. The van der Waals surface area contributed by atoms with Gasteiger partial charge in [-0.2, -0.15) is 0 Å². The van der Waals surface area contributed by atoms with Crippen molar-refractivity contribution < 1.29 is 14.7 Å². The minimum absolute atomic E-state index is 0.0219. The second-order valence-electron chi connectivity index (χ2n) is 7.80. The number of likely N-dealkylation sites (N-methyl/N-ethyl adjacent to an activating group) is 1. The molecule has 0 spiro atoms. The number of amides is 1. The Bertz CT molecular complexity index is 883. The maximum absolute atomic E-state index is 12.1. The predicted octanol–water partition coefficient (Wildman–Crippen LogP) is 1.87. The number of phenolic OH excluding ortho intramolecular Hbond substituents is 1. The first kappa shape index (κ1) is 21.8. The van der Waals surface area contributed by atoms with Crippen LogP contribution in [-0.2, 0) is 11.2 Å². The fraction of sp³-hybridized carbons (Fsp3) is 0.391. The molecular formula is C23H30N4O3. The molecule has 1 aliphatic heterocycles. The molecular weight excluding hydrogens is 380 g/mol. The Morgan fingerprint density at radius 1 is 1.13 bits per heavy atom. The van der Waals surface area contributed by atoms with Crippen molar-refractivity contribution in [1.82, 2.24) is 15.5 Å². The van der Waals surface area contributed by atoms with Crippen LogP contribution in [0.3, 0.4) is 0 Å². The molecule has 5 N–H and O–H groups in total. The van der Waals surface area contributed by atoms with Crippen molar-refractivity contribution in [1.29, 1.82) is 0 Å². The van der Waals surface area contributed by atoms with Gasteiger partial charge in [0.25, 0.3) is 0 Å². The molecule has 3 rings (SSSR count). The van der Waals surface area contributed by atoms with Crippen LogP contribution in [0, 0.1) is 0 Å². The van der Waals surface area contributed by atoms with Gasteiger partial charge in [-0.25, -0.2) is 0 Å². The van der Waals surface area contributed by atoms with Crippen molar-refractivity contribution in [2.45, 2.75) is 25.3 Å². The van der Waals surface area contributed by atoms with Gasteiger partial charge in [0.1, 0.15) is 5.75 Å². The van der Waals surface area contributed by atoms with Crippen molar-refractivity contribution in [3.63, 3.8) is 0 Å². The number of nitrogen functional groups attached to an aromatic ring is 1. The second-order valence-corrected chi connectivity index (χ2v) is 7.80. The van der Waals surface area contributed by atoms with Crippen LogP contribution in [0.2, 0.25) is 0 Å². The van der Waals surface area contributed by atoms with Crippen LogP contribution in [0.15, 0.2) is 42.5 Å². The van der Waals surface area contributed by atoms with Gasteiger partial charge in [-0.3, -0.25) is 9.59 Å². The first-order chi connectivity index (χ1) is 14.4. The molecule has 1 amide bonds. The van der Waals surface area contributed by atoms with E-state index in [1.54, 1.807) is 30.3 Å². The molecule has 2 aromatic rings. The number of ketones is 1. The van der Waals surface area contributed by atoms with Crippen molar-refractivity contribution in [2.75, 3.05) is 39.0 Å². The smallest absolute Gasteiger partial charge is 0.221 e. The summed E-state index contributed by atoms with van der Waals surface area (Å²) in [5.74, 6) is 0.144. The third-order valence-electron chi connectivity index (χ3n) is 5.41. The van der Waals surface area contributed by atoms with Gasteiger partial charge in [-0.1, -0.05) is 6.07 Å². The molecule has 0 fully saturated rings. The van der Waals surface area contributed by atoms with E-state index in [0.717, 1.165) is 25.1 Å². The van der Waals surface area contributed by atoms with E-state index >= 15 is 0 Å². The number of phenols is 1. The number of rotatable bonds is 8. The number of hydrogen-bond acceptors (Lipinski definition) is 6. The minimum atomic E-state index is -0.0919. The van der Waals surface area contributed by atoms with Gasteiger partial charge < -0.3 is 26.4 Å². The van der Waals surface area contributed by atoms with Crippen LogP contribution in [0.5, 0.6) is 5.75 Å². The largest absolute Gasteiger partial charge is 0.508 e. The molecule has 0 saturated heterocycles. The highest BCUT2D eigenvalue weighted by atomic mass is 16.3. The number of nitrogens with one attached hydrogen (secondary N) is 2. The molecule has 7 nitrogen and oxygen atoms in total. The van der Waals surface area contributed by atoms with Gasteiger partial charge in [0.2, 0.25) is 5.91 Å². The number of fused-ring (bicyclic) bond motifs is 1. The van der Waals surface area contributed by atoms with Crippen LogP contribution < -0.4 is 16.4 Å². The van der Waals surface area contributed by atoms with Crippen molar-refractivity contribution >= 4 is 17.4 Å². The molecule has 0 saturated carbocycles. The lowest BCUT2D eigenvalue weighted by Crippen LogP contribution is -2.35. The molecule has 1 atom stereocenters. The van der Waals surface area contributed by atoms with E-state index in [0.29, 0.717) is 30.8 Å². The van der Waals surface area contributed by atoms with Gasteiger partial charge >= 0.3 is 0 Å². The van der Waals surface area contributed by atoms with Crippen LogP contribution in [-0.4, -0.2) is 54.9 Å². The van der Waals surface area contributed by atoms with Crippen molar-refractivity contribution in [3.8, 4) is 5.75 Å². The quantitative estimate of drug-likeness (QED) is 0.391. The zero-order valence-electron chi connectivity index (χ0n) is 17.4. The topological polar surface area (TPSA) is 108 Å². The Balaban J connectivity index is 1.43. The number of Topliss-reactive ketones (excluding diaryl/α,β-unsaturated/α-hetero) is 1. The molecule has 0 aliphatic carbocycles. The minimum Gasteiger partial charge on any atom is -0.508 e. The lowest BCUT2D eigenvalue weighted by Gasteiger charge is -2.23. The van der Waals surface area contributed by atoms with Crippen LogP contribution >= 0.6 is 0 Å². The zero-order chi connectivity index (χ0) is 21.5. The molecule has 30 heavy (non-hydrogen) atoms. The maximum Gasteiger partial charge on any atom is 0.221 e. The average Bonchev–Trinajstić information content (AvgIpc) is 2.87. The highest BCUT2D eigenvalue weighted by molar-refractivity contribution is 5.96. The maximum atomic E-state index is 12.1. The fourth-order valence-corrected chi connectivity index (χ4v) is 3.70. The summed E-state index contributed by atoms with van der Waals surface area (Å²) < 4.78 is 0. The van der Waals surface area contributed by atoms with E-state index in [9.17, 15) is 14.7 Å².